The van der Waals surface area contributed by atoms with E-state index in [0.717, 1.165) is 0 Å². The molecule has 35 heavy (non-hydrogen) atoms. The van der Waals surface area contributed by atoms with E-state index in [1.807, 2.05) is 34.0 Å². The highest BCUT2D eigenvalue weighted by Gasteiger charge is 2.15. The first-order valence-corrected chi connectivity index (χ1v) is 14.0. The lowest BCUT2D eigenvalue weighted by Gasteiger charge is -2.03. The van der Waals surface area contributed by atoms with Crippen molar-refractivity contribution in [3.63, 3.8) is 0 Å². The molecule has 0 spiro atoms. The van der Waals surface area contributed by atoms with Gasteiger partial charge >= 0.3 is 0 Å². The van der Waals surface area contributed by atoms with E-state index in [1.54, 1.807) is 0 Å². The van der Waals surface area contributed by atoms with Crippen LogP contribution in [0.2, 0.25) is 0 Å². The fourth-order valence-corrected chi connectivity index (χ4v) is 8.63. The molecule has 0 nitrogen and oxygen atoms in total. The summed E-state index contributed by atoms with van der Waals surface area (Å²) in [5, 5.41) is 2.78. The lowest BCUT2D eigenvalue weighted by atomic mass is 10.0. The quantitative estimate of drug-likeness (QED) is 0.225. The van der Waals surface area contributed by atoms with E-state index >= 15 is 0 Å². The molecular weight excluding hydrogens is 481 g/mol. The number of rotatable bonds is 4. The Morgan fingerprint density at radius 3 is 1.06 bits per heavy atom. The maximum Gasteiger partial charge on any atom is 0.0892 e. The van der Waals surface area contributed by atoms with Gasteiger partial charge in [0.05, 0.1) is 8.03 Å². The van der Waals surface area contributed by atoms with Crippen molar-refractivity contribution >= 4 is 52.8 Å². The van der Waals surface area contributed by atoms with Crippen LogP contribution in [0.1, 0.15) is 0 Å². The number of hydrogen-bond acceptors (Lipinski definition) is 3. The van der Waals surface area contributed by atoms with Gasteiger partial charge in [0, 0.05) is 20.5 Å². The zero-order valence-electron chi connectivity index (χ0n) is 18.8. The first-order chi connectivity index (χ1) is 17.3. The predicted molar refractivity (Wildman–Crippen MR) is 157 cm³/mol. The van der Waals surface area contributed by atoms with Gasteiger partial charge in [-0.2, -0.15) is 0 Å². The summed E-state index contributed by atoms with van der Waals surface area (Å²) in [6, 6.07) is 43.8. The van der Waals surface area contributed by atoms with E-state index in [1.165, 1.54) is 61.9 Å². The summed E-state index contributed by atoms with van der Waals surface area (Å²) >= 11 is 5.75. The lowest BCUT2D eigenvalue weighted by Crippen LogP contribution is -1.77. The minimum absolute atomic E-state index is 1.26. The fourth-order valence-electron chi connectivity index (χ4n) is 4.56. The van der Waals surface area contributed by atoms with Crippen molar-refractivity contribution in [2.45, 2.75) is 0 Å². The first kappa shape index (κ1) is 20.8. The van der Waals surface area contributed by atoms with E-state index in [2.05, 4.69) is 121 Å². The molecule has 3 aromatic heterocycles. The van der Waals surface area contributed by atoms with E-state index in [4.69, 9.17) is 0 Å². The molecule has 7 aromatic rings. The standard InChI is InChI=1S/C32H20S3/c1-3-7-21(8-4-1)23-11-15-25(16-12-23)29-19-27-28-20-30(34-32(28)35-31(27)33-29)26-17-13-24(14-18-26)22-9-5-2-6-10-22/h1-20H. The van der Waals surface area contributed by atoms with Crippen molar-refractivity contribution in [3.05, 3.63) is 121 Å². The zero-order valence-corrected chi connectivity index (χ0v) is 21.2. The summed E-state index contributed by atoms with van der Waals surface area (Å²) in [7, 11) is 0. The topological polar surface area (TPSA) is 0 Å². The van der Waals surface area contributed by atoms with Crippen molar-refractivity contribution in [2.75, 3.05) is 0 Å². The number of hydrogen-bond donors (Lipinski definition) is 0. The molecule has 0 fully saturated rings. The molecule has 0 N–H and O–H groups in total. The van der Waals surface area contributed by atoms with Crippen LogP contribution in [0.5, 0.6) is 0 Å². The molecular formula is C32H20S3. The molecule has 0 radical (unpaired) electrons. The van der Waals surface area contributed by atoms with Crippen LogP contribution < -0.4 is 0 Å². The van der Waals surface area contributed by atoms with Crippen LogP contribution in [-0.2, 0) is 0 Å². The minimum Gasteiger partial charge on any atom is -0.124 e. The van der Waals surface area contributed by atoms with Gasteiger partial charge < -0.3 is 0 Å². The van der Waals surface area contributed by atoms with Crippen LogP contribution in [0, 0.1) is 0 Å². The molecule has 7 rings (SSSR count). The van der Waals surface area contributed by atoms with Crippen LogP contribution in [0.3, 0.4) is 0 Å². The van der Waals surface area contributed by atoms with Crippen LogP contribution in [-0.4, -0.2) is 0 Å². The molecule has 4 aromatic carbocycles. The second kappa shape index (κ2) is 8.62. The Kier molecular flexibility index (Phi) is 5.13. The molecule has 0 unspecified atom stereocenters. The van der Waals surface area contributed by atoms with Crippen LogP contribution in [0.25, 0.3) is 61.9 Å². The summed E-state index contributed by atoms with van der Waals surface area (Å²) in [5.41, 5.74) is 7.62. The molecule has 0 atom stereocenters. The highest BCUT2D eigenvalue weighted by atomic mass is 32.2. The maximum absolute atomic E-state index is 2.38. The van der Waals surface area contributed by atoms with Gasteiger partial charge in [-0.15, -0.1) is 34.0 Å². The van der Waals surface area contributed by atoms with Crippen molar-refractivity contribution in [3.8, 4) is 43.1 Å². The second-order valence-corrected chi connectivity index (χ2v) is 12.3. The Balaban J connectivity index is 1.20. The van der Waals surface area contributed by atoms with Gasteiger partial charge in [-0.3, -0.25) is 0 Å². The first-order valence-electron chi connectivity index (χ1n) is 11.6. The summed E-state index contributed by atoms with van der Waals surface area (Å²) in [6.07, 6.45) is 0. The van der Waals surface area contributed by atoms with Gasteiger partial charge in [0.1, 0.15) is 0 Å². The largest absolute Gasteiger partial charge is 0.124 e. The average molecular weight is 501 g/mol. The zero-order chi connectivity index (χ0) is 23.2. The third-order valence-electron chi connectivity index (χ3n) is 6.42. The molecule has 3 heterocycles. The van der Waals surface area contributed by atoms with Gasteiger partial charge in [-0.1, -0.05) is 109 Å². The molecule has 0 bridgehead atoms. The average Bonchev–Trinajstić information content (AvgIpc) is 3.61. The van der Waals surface area contributed by atoms with Gasteiger partial charge in [-0.25, -0.2) is 0 Å². The summed E-state index contributed by atoms with van der Waals surface area (Å²) in [4.78, 5) is 2.68. The third-order valence-corrected chi connectivity index (χ3v) is 10.2. The Morgan fingerprint density at radius 2 is 0.657 bits per heavy atom. The second-order valence-electron chi connectivity index (χ2n) is 8.61. The molecule has 0 amide bonds. The van der Waals surface area contributed by atoms with Gasteiger partial charge in [0.2, 0.25) is 0 Å². The van der Waals surface area contributed by atoms with Crippen molar-refractivity contribution in [1.82, 2.24) is 0 Å². The molecule has 0 saturated heterocycles. The fraction of sp³-hybridized carbons (Fsp3) is 0. The van der Waals surface area contributed by atoms with E-state index < -0.39 is 0 Å². The van der Waals surface area contributed by atoms with Gasteiger partial charge in [0.15, 0.2) is 0 Å². The van der Waals surface area contributed by atoms with Crippen molar-refractivity contribution < 1.29 is 0 Å². The third kappa shape index (κ3) is 3.82. The highest BCUT2D eigenvalue weighted by Crippen LogP contribution is 2.47. The summed E-state index contributed by atoms with van der Waals surface area (Å²) in [6.45, 7) is 0. The summed E-state index contributed by atoms with van der Waals surface area (Å²) < 4.78 is 2.83. The number of benzene rings is 4. The molecule has 166 valence electrons. The van der Waals surface area contributed by atoms with Gasteiger partial charge in [0.25, 0.3) is 0 Å². The van der Waals surface area contributed by atoms with Crippen LogP contribution >= 0.6 is 34.0 Å². The van der Waals surface area contributed by atoms with E-state index in [0.29, 0.717) is 0 Å². The maximum atomic E-state index is 2.38. The molecule has 0 aliphatic rings. The Hall–Kier alpha value is -3.50. The Morgan fingerprint density at radius 1 is 0.314 bits per heavy atom. The highest BCUT2D eigenvalue weighted by molar-refractivity contribution is 7.50. The van der Waals surface area contributed by atoms with E-state index in [-0.39, 0.29) is 0 Å². The Bertz CT molecular complexity index is 1620. The number of thiophene rings is 3. The predicted octanol–water partition coefficient (Wildman–Crippen LogP) is 10.8. The van der Waals surface area contributed by atoms with E-state index in [9.17, 15) is 0 Å². The smallest absolute Gasteiger partial charge is 0.0892 e. The SMILES string of the molecule is c1ccc(-c2ccc(-c3cc4c(s3)sc3sc(-c5ccc(-c6ccccc6)cc5)cc34)cc2)cc1. The molecule has 3 heteroatoms. The lowest BCUT2D eigenvalue weighted by molar-refractivity contribution is 1.62. The minimum atomic E-state index is 1.26. The number of fused-ring (bicyclic) bond motifs is 3. The monoisotopic (exact) mass is 500 g/mol. The molecule has 0 saturated carbocycles. The molecule has 0 aliphatic carbocycles. The van der Waals surface area contributed by atoms with Crippen molar-refractivity contribution in [2.24, 2.45) is 0 Å². The normalized spacial score (nSPS) is 11.4. The Labute approximate surface area is 216 Å². The molecule has 0 aliphatic heterocycles. The van der Waals surface area contributed by atoms with Gasteiger partial charge in [-0.05, 0) is 45.5 Å². The summed E-state index contributed by atoms with van der Waals surface area (Å²) in [5.74, 6) is 0. The van der Waals surface area contributed by atoms with Crippen LogP contribution in [0.4, 0.5) is 0 Å². The van der Waals surface area contributed by atoms with Crippen LogP contribution in [0.15, 0.2) is 121 Å². The van der Waals surface area contributed by atoms with Crippen molar-refractivity contribution in [1.29, 1.82) is 0 Å².